The van der Waals surface area contributed by atoms with Gasteiger partial charge in [-0.2, -0.15) is 0 Å². The van der Waals surface area contributed by atoms with E-state index in [0.717, 1.165) is 46.8 Å². The summed E-state index contributed by atoms with van der Waals surface area (Å²) < 4.78 is 30.2. The van der Waals surface area contributed by atoms with Crippen LogP contribution < -0.4 is 9.62 Å². The molecular formula is C32H38BrN3O4S. The van der Waals surface area contributed by atoms with Gasteiger partial charge in [0.15, 0.2) is 0 Å². The Morgan fingerprint density at radius 2 is 1.68 bits per heavy atom. The topological polar surface area (TPSA) is 86.8 Å². The lowest BCUT2D eigenvalue weighted by Gasteiger charge is -2.33. The second-order valence-corrected chi connectivity index (χ2v) is 13.4. The molecule has 0 bridgehead atoms. The average molecular weight is 641 g/mol. The molecule has 2 amide bonds. The molecule has 0 heterocycles. The van der Waals surface area contributed by atoms with Gasteiger partial charge < -0.3 is 10.2 Å². The highest BCUT2D eigenvalue weighted by molar-refractivity contribution is 9.10. The lowest BCUT2D eigenvalue weighted by molar-refractivity contribution is -0.139. The average Bonchev–Trinajstić information content (AvgIpc) is 3.47. The number of anilines is 1. The van der Waals surface area contributed by atoms with Crippen molar-refractivity contribution < 1.29 is 18.0 Å². The Bertz CT molecular complexity index is 1470. The lowest BCUT2D eigenvalue weighted by Crippen LogP contribution is -2.52. The maximum Gasteiger partial charge on any atom is 0.264 e. The third-order valence-corrected chi connectivity index (χ3v) is 9.91. The number of hydrogen-bond acceptors (Lipinski definition) is 4. The Labute approximate surface area is 252 Å². The fraction of sp³-hybridized carbons (Fsp3) is 0.375. The maximum atomic E-state index is 14.2. The molecule has 9 heteroatoms. The van der Waals surface area contributed by atoms with E-state index in [1.165, 1.54) is 9.21 Å². The molecule has 7 nitrogen and oxygen atoms in total. The van der Waals surface area contributed by atoms with E-state index in [1.54, 1.807) is 43.3 Å². The summed E-state index contributed by atoms with van der Waals surface area (Å²) in [6, 6.07) is 20.7. The number of carbonyl (C=O) groups is 2. The first-order valence-electron chi connectivity index (χ1n) is 14.1. The van der Waals surface area contributed by atoms with Crippen molar-refractivity contribution in [3.05, 3.63) is 94.0 Å². The molecule has 0 aromatic heterocycles. The van der Waals surface area contributed by atoms with Crippen LogP contribution in [0, 0.1) is 6.92 Å². The van der Waals surface area contributed by atoms with Crippen molar-refractivity contribution in [1.29, 1.82) is 0 Å². The zero-order valence-corrected chi connectivity index (χ0v) is 26.2. The van der Waals surface area contributed by atoms with Crippen LogP contribution in [0.4, 0.5) is 5.69 Å². The van der Waals surface area contributed by atoms with Crippen molar-refractivity contribution in [2.24, 2.45) is 0 Å². The minimum atomic E-state index is -4.10. The highest BCUT2D eigenvalue weighted by Gasteiger charge is 2.34. The highest BCUT2D eigenvalue weighted by Crippen LogP contribution is 2.28. The second-order valence-electron chi connectivity index (χ2n) is 10.6. The molecule has 3 aromatic rings. The van der Waals surface area contributed by atoms with Gasteiger partial charge in [0.2, 0.25) is 11.8 Å². The fourth-order valence-electron chi connectivity index (χ4n) is 5.21. The van der Waals surface area contributed by atoms with Gasteiger partial charge in [-0.25, -0.2) is 8.42 Å². The molecule has 3 aromatic carbocycles. The predicted octanol–water partition coefficient (Wildman–Crippen LogP) is 5.99. The number of para-hydroxylation sites is 1. The van der Waals surface area contributed by atoms with Gasteiger partial charge in [0.25, 0.3) is 10.0 Å². The van der Waals surface area contributed by atoms with E-state index < -0.39 is 28.5 Å². The molecule has 1 N–H and O–H groups in total. The van der Waals surface area contributed by atoms with Gasteiger partial charge in [-0.05, 0) is 74.6 Å². The molecule has 4 rings (SSSR count). The Hall–Kier alpha value is -3.17. The van der Waals surface area contributed by atoms with Crippen LogP contribution >= 0.6 is 15.9 Å². The van der Waals surface area contributed by atoms with E-state index in [1.807, 2.05) is 50.2 Å². The molecule has 0 aliphatic heterocycles. The van der Waals surface area contributed by atoms with Gasteiger partial charge in [0.05, 0.1) is 10.6 Å². The van der Waals surface area contributed by atoms with E-state index in [-0.39, 0.29) is 23.4 Å². The number of amides is 2. The third kappa shape index (κ3) is 7.57. The van der Waals surface area contributed by atoms with Crippen LogP contribution in [-0.2, 0) is 32.6 Å². The smallest absolute Gasteiger partial charge is 0.264 e. The quantitative estimate of drug-likeness (QED) is 0.279. The molecule has 1 fully saturated rings. The molecule has 1 aliphatic rings. The van der Waals surface area contributed by atoms with E-state index in [4.69, 9.17) is 0 Å². The summed E-state index contributed by atoms with van der Waals surface area (Å²) in [5.41, 5.74) is 3.02. The molecule has 1 saturated carbocycles. The maximum absolute atomic E-state index is 14.2. The van der Waals surface area contributed by atoms with Crippen molar-refractivity contribution in [3.8, 4) is 0 Å². The molecule has 0 spiro atoms. The first kappa shape index (κ1) is 30.8. The molecule has 1 atom stereocenters. The van der Waals surface area contributed by atoms with E-state index in [0.29, 0.717) is 12.1 Å². The summed E-state index contributed by atoms with van der Waals surface area (Å²) in [6.45, 7) is 5.26. The number of hydrogen-bond donors (Lipinski definition) is 1. The zero-order chi connectivity index (χ0) is 29.6. The molecule has 218 valence electrons. The second kappa shape index (κ2) is 13.7. The largest absolute Gasteiger partial charge is 0.352 e. The summed E-state index contributed by atoms with van der Waals surface area (Å²) in [6.07, 6.45) is 4.58. The van der Waals surface area contributed by atoms with Gasteiger partial charge >= 0.3 is 0 Å². The predicted molar refractivity (Wildman–Crippen MR) is 166 cm³/mol. The van der Waals surface area contributed by atoms with Crippen molar-refractivity contribution >= 4 is 43.5 Å². The molecule has 41 heavy (non-hydrogen) atoms. The van der Waals surface area contributed by atoms with Crippen molar-refractivity contribution in [2.75, 3.05) is 10.8 Å². The number of aryl methyl sites for hydroxylation is 2. The van der Waals surface area contributed by atoms with Crippen LogP contribution in [-0.4, -0.2) is 43.8 Å². The van der Waals surface area contributed by atoms with Crippen molar-refractivity contribution in [2.45, 2.75) is 76.4 Å². The van der Waals surface area contributed by atoms with E-state index in [9.17, 15) is 18.0 Å². The molecule has 0 radical (unpaired) electrons. The minimum absolute atomic E-state index is 0.0996. The fourth-order valence-corrected chi connectivity index (χ4v) is 7.11. The molecule has 1 aliphatic carbocycles. The monoisotopic (exact) mass is 639 g/mol. The van der Waals surface area contributed by atoms with Crippen LogP contribution in [0.5, 0.6) is 0 Å². The number of rotatable bonds is 11. The van der Waals surface area contributed by atoms with Gasteiger partial charge in [0, 0.05) is 17.1 Å². The van der Waals surface area contributed by atoms with Crippen LogP contribution in [0.15, 0.2) is 82.2 Å². The van der Waals surface area contributed by atoms with E-state index >= 15 is 0 Å². The summed E-state index contributed by atoms with van der Waals surface area (Å²) in [5, 5.41) is 3.10. The summed E-state index contributed by atoms with van der Waals surface area (Å²) in [4.78, 5) is 29.1. The van der Waals surface area contributed by atoms with Crippen molar-refractivity contribution in [1.82, 2.24) is 10.2 Å². The Morgan fingerprint density at radius 1 is 1.00 bits per heavy atom. The molecule has 0 saturated heterocycles. The number of nitrogens with one attached hydrogen (secondary N) is 1. The zero-order valence-electron chi connectivity index (χ0n) is 23.8. The Morgan fingerprint density at radius 3 is 2.34 bits per heavy atom. The van der Waals surface area contributed by atoms with Crippen molar-refractivity contribution in [3.63, 3.8) is 0 Å². The number of halogens is 1. The van der Waals surface area contributed by atoms with Gasteiger partial charge in [0.1, 0.15) is 12.6 Å². The Kier molecular flexibility index (Phi) is 10.3. The SMILES string of the molecule is CCc1ccccc1N(CC(=O)N(Cc1cccc(Br)c1)[C@H](C)C(=O)NC1CCCC1)S(=O)(=O)c1ccc(C)cc1. The van der Waals surface area contributed by atoms with Crippen LogP contribution in [0.1, 0.15) is 56.2 Å². The van der Waals surface area contributed by atoms with Crippen LogP contribution in [0.3, 0.4) is 0 Å². The van der Waals surface area contributed by atoms with E-state index in [2.05, 4.69) is 21.2 Å². The molecular weight excluding hydrogens is 602 g/mol. The summed E-state index contributed by atoms with van der Waals surface area (Å²) in [5.74, 6) is -0.692. The minimum Gasteiger partial charge on any atom is -0.352 e. The first-order valence-corrected chi connectivity index (χ1v) is 16.3. The Balaban J connectivity index is 1.71. The third-order valence-electron chi connectivity index (χ3n) is 7.64. The normalized spacial score (nSPS) is 14.4. The number of sulfonamides is 1. The summed E-state index contributed by atoms with van der Waals surface area (Å²) in [7, 11) is -4.10. The number of carbonyl (C=O) groups excluding carboxylic acids is 2. The van der Waals surface area contributed by atoms with Gasteiger partial charge in [-0.15, -0.1) is 0 Å². The van der Waals surface area contributed by atoms with Gasteiger partial charge in [-0.1, -0.05) is 83.7 Å². The number of nitrogens with zero attached hydrogens (tertiary/aromatic N) is 2. The number of benzene rings is 3. The highest BCUT2D eigenvalue weighted by atomic mass is 79.9. The molecule has 0 unspecified atom stereocenters. The first-order chi connectivity index (χ1) is 19.6. The summed E-state index contributed by atoms with van der Waals surface area (Å²) >= 11 is 3.49. The standard InChI is InChI=1S/C32H38BrN3O4S/c1-4-26-11-5-8-15-30(26)36(41(39,40)29-18-16-23(2)17-19-29)22-31(37)35(21-25-10-9-12-27(33)20-25)24(3)32(38)34-28-13-6-7-14-28/h5,8-12,15-20,24,28H,4,6-7,13-14,21-22H2,1-3H3,(H,34,38)/t24-/m1/s1. The van der Waals surface area contributed by atoms with Gasteiger partial charge in [-0.3, -0.25) is 13.9 Å². The van der Waals surface area contributed by atoms with Crippen LogP contribution in [0.2, 0.25) is 0 Å². The lowest BCUT2D eigenvalue weighted by atomic mass is 10.1. The van der Waals surface area contributed by atoms with Crippen LogP contribution in [0.25, 0.3) is 0 Å².